The first kappa shape index (κ1) is 22.6. The minimum Gasteiger partial charge on any atom is -0.348 e. The molecule has 3 aromatic rings. The molecule has 164 valence electrons. The van der Waals surface area contributed by atoms with Gasteiger partial charge in [-0.05, 0) is 55.5 Å². The van der Waals surface area contributed by atoms with Gasteiger partial charge in [0.05, 0.1) is 25.9 Å². The zero-order chi connectivity index (χ0) is 22.2. The van der Waals surface area contributed by atoms with Gasteiger partial charge in [-0.3, -0.25) is 0 Å². The smallest absolute Gasteiger partial charge is 0.185 e. The van der Waals surface area contributed by atoms with Crippen molar-refractivity contribution in [1.82, 2.24) is 4.98 Å². The van der Waals surface area contributed by atoms with Crippen LogP contribution in [-0.2, 0) is 16.3 Å². The molecule has 0 radical (unpaired) electrons. The normalized spacial score (nSPS) is 15.4. The van der Waals surface area contributed by atoms with Gasteiger partial charge in [-0.2, -0.15) is 0 Å². The van der Waals surface area contributed by atoms with Gasteiger partial charge in [-0.25, -0.2) is 13.4 Å². The molecule has 2 aromatic carbocycles. The van der Waals surface area contributed by atoms with E-state index < -0.39 is 15.1 Å². The lowest BCUT2D eigenvalue weighted by Gasteiger charge is -2.31. The van der Waals surface area contributed by atoms with E-state index in [0.717, 1.165) is 17.2 Å². The molecule has 1 saturated heterocycles. The van der Waals surface area contributed by atoms with Crippen molar-refractivity contribution in [2.45, 2.75) is 43.3 Å². The van der Waals surface area contributed by atoms with Gasteiger partial charge >= 0.3 is 0 Å². The van der Waals surface area contributed by atoms with Crippen LogP contribution in [0.1, 0.15) is 35.2 Å². The van der Waals surface area contributed by atoms with Crippen LogP contribution >= 0.6 is 34.5 Å². The van der Waals surface area contributed by atoms with Crippen LogP contribution < -0.4 is 4.90 Å². The van der Waals surface area contributed by atoms with E-state index in [0.29, 0.717) is 25.9 Å². The van der Waals surface area contributed by atoms with Gasteiger partial charge in [0.2, 0.25) is 0 Å². The fraction of sp³-hybridized carbons (Fsp3) is 0.348. The Morgan fingerprint density at radius 1 is 1.10 bits per heavy atom. The summed E-state index contributed by atoms with van der Waals surface area (Å²) in [6.07, 6.45) is 1.89. The third-order valence-electron chi connectivity index (χ3n) is 6.00. The van der Waals surface area contributed by atoms with E-state index in [1.165, 1.54) is 22.8 Å². The number of halogens is 2. The standard InChI is InChI=1S/C23H24Cl2N2O2S2/c1-15-5-3-6-17(16(15)2)13-18-14-30-23(26-18)27-11-9-19(10-12-27)31(28,29)21-8-4-7-20(24)22(21)25/h3-8,14,19H,9-13H2,1-2H3. The molecule has 0 spiro atoms. The van der Waals surface area contributed by atoms with E-state index >= 15 is 0 Å². The summed E-state index contributed by atoms with van der Waals surface area (Å²) in [6, 6.07) is 11.1. The summed E-state index contributed by atoms with van der Waals surface area (Å²) in [7, 11) is -3.53. The van der Waals surface area contributed by atoms with E-state index in [-0.39, 0.29) is 14.9 Å². The van der Waals surface area contributed by atoms with Crippen LogP contribution in [0.3, 0.4) is 0 Å². The van der Waals surface area contributed by atoms with Crippen molar-refractivity contribution in [3.63, 3.8) is 0 Å². The molecule has 4 nitrogen and oxygen atoms in total. The van der Waals surface area contributed by atoms with Crippen LogP contribution in [0.15, 0.2) is 46.7 Å². The number of benzene rings is 2. The van der Waals surface area contributed by atoms with E-state index in [9.17, 15) is 8.42 Å². The molecule has 0 aliphatic carbocycles. The molecule has 0 bridgehead atoms. The summed E-state index contributed by atoms with van der Waals surface area (Å²) in [6.45, 7) is 5.58. The van der Waals surface area contributed by atoms with Crippen molar-refractivity contribution >= 4 is 49.5 Å². The zero-order valence-electron chi connectivity index (χ0n) is 17.4. The lowest BCUT2D eigenvalue weighted by Crippen LogP contribution is -2.39. The molecule has 0 unspecified atom stereocenters. The maximum atomic E-state index is 13.1. The average Bonchev–Trinajstić information content (AvgIpc) is 3.22. The van der Waals surface area contributed by atoms with Crippen molar-refractivity contribution in [2.24, 2.45) is 0 Å². The number of rotatable bonds is 5. The number of anilines is 1. The molecule has 0 N–H and O–H groups in total. The molecule has 1 aliphatic rings. The highest BCUT2D eigenvalue weighted by molar-refractivity contribution is 7.92. The molecule has 0 amide bonds. The number of hydrogen-bond donors (Lipinski definition) is 0. The summed E-state index contributed by atoms with van der Waals surface area (Å²) in [5.74, 6) is 0. The van der Waals surface area contributed by atoms with E-state index in [4.69, 9.17) is 28.2 Å². The first-order valence-electron chi connectivity index (χ1n) is 10.2. The molecule has 0 saturated carbocycles. The summed E-state index contributed by atoms with van der Waals surface area (Å²) in [4.78, 5) is 7.14. The summed E-state index contributed by atoms with van der Waals surface area (Å²) >= 11 is 13.8. The Morgan fingerprint density at radius 3 is 2.55 bits per heavy atom. The highest BCUT2D eigenvalue weighted by Crippen LogP contribution is 2.35. The summed E-state index contributed by atoms with van der Waals surface area (Å²) in [5, 5.41) is 2.97. The van der Waals surface area contributed by atoms with Crippen molar-refractivity contribution in [3.8, 4) is 0 Å². The molecule has 4 rings (SSSR count). The van der Waals surface area contributed by atoms with Crippen LogP contribution in [0.25, 0.3) is 0 Å². The highest BCUT2D eigenvalue weighted by atomic mass is 35.5. The third-order valence-corrected chi connectivity index (χ3v) is 10.2. The third kappa shape index (κ3) is 4.63. The van der Waals surface area contributed by atoms with Crippen LogP contribution in [0.5, 0.6) is 0 Å². The molecule has 1 aromatic heterocycles. The molecule has 2 heterocycles. The zero-order valence-corrected chi connectivity index (χ0v) is 20.6. The second-order valence-electron chi connectivity index (χ2n) is 7.94. The van der Waals surface area contributed by atoms with Gasteiger partial charge in [0.1, 0.15) is 0 Å². The summed E-state index contributed by atoms with van der Waals surface area (Å²) < 4.78 is 26.2. The molecular formula is C23H24Cl2N2O2S2. The summed E-state index contributed by atoms with van der Waals surface area (Å²) in [5.41, 5.74) is 4.94. The highest BCUT2D eigenvalue weighted by Gasteiger charge is 2.33. The molecule has 8 heteroatoms. The first-order chi connectivity index (χ1) is 14.8. The van der Waals surface area contributed by atoms with Crippen LogP contribution in [0, 0.1) is 13.8 Å². The Morgan fingerprint density at radius 2 is 1.81 bits per heavy atom. The lowest BCUT2D eigenvalue weighted by molar-refractivity contribution is 0.529. The quantitative estimate of drug-likeness (QED) is 0.429. The predicted octanol–water partition coefficient (Wildman–Crippen LogP) is 6.10. The fourth-order valence-corrected chi connectivity index (χ4v) is 7.34. The van der Waals surface area contributed by atoms with E-state index in [1.807, 2.05) is 0 Å². The number of piperidine rings is 1. The van der Waals surface area contributed by atoms with Gasteiger partial charge < -0.3 is 4.90 Å². The van der Waals surface area contributed by atoms with Gasteiger partial charge in [-0.15, -0.1) is 11.3 Å². The fourth-order valence-electron chi connectivity index (χ4n) is 3.96. The molecule has 0 atom stereocenters. The number of thiazole rings is 1. The Kier molecular flexibility index (Phi) is 6.63. The number of aromatic nitrogens is 1. The van der Waals surface area contributed by atoms with E-state index in [1.54, 1.807) is 23.5 Å². The molecule has 31 heavy (non-hydrogen) atoms. The topological polar surface area (TPSA) is 50.3 Å². The van der Waals surface area contributed by atoms with Gasteiger partial charge in [0, 0.05) is 24.9 Å². The number of aryl methyl sites for hydroxylation is 1. The Hall–Kier alpha value is -1.60. The molecular weight excluding hydrogens is 471 g/mol. The second-order valence-corrected chi connectivity index (χ2v) is 11.8. The number of nitrogens with zero attached hydrogens (tertiary/aromatic N) is 2. The monoisotopic (exact) mass is 494 g/mol. The van der Waals surface area contributed by atoms with Crippen molar-refractivity contribution in [1.29, 1.82) is 0 Å². The minimum atomic E-state index is -3.53. The van der Waals surface area contributed by atoms with Gasteiger partial charge in [0.15, 0.2) is 15.0 Å². The molecule has 1 aliphatic heterocycles. The maximum Gasteiger partial charge on any atom is 0.185 e. The van der Waals surface area contributed by atoms with E-state index in [2.05, 4.69) is 42.3 Å². The Balaban J connectivity index is 1.44. The largest absolute Gasteiger partial charge is 0.348 e. The van der Waals surface area contributed by atoms with Gasteiger partial charge in [0.25, 0.3) is 0 Å². The number of hydrogen-bond acceptors (Lipinski definition) is 5. The predicted molar refractivity (Wildman–Crippen MR) is 130 cm³/mol. The first-order valence-corrected chi connectivity index (χ1v) is 13.4. The van der Waals surface area contributed by atoms with Crippen LogP contribution in [-0.4, -0.2) is 31.7 Å². The Bertz CT molecular complexity index is 1200. The Labute approximate surface area is 197 Å². The van der Waals surface area contributed by atoms with Crippen LogP contribution in [0.4, 0.5) is 5.13 Å². The minimum absolute atomic E-state index is 0.114. The SMILES string of the molecule is Cc1cccc(Cc2csc(N3CCC(S(=O)(=O)c4cccc(Cl)c4Cl)CC3)n2)c1C. The number of sulfone groups is 1. The van der Waals surface area contributed by atoms with Crippen molar-refractivity contribution in [3.05, 3.63) is 74.2 Å². The lowest BCUT2D eigenvalue weighted by atomic mass is 10.0. The molecule has 1 fully saturated rings. The van der Waals surface area contributed by atoms with Crippen molar-refractivity contribution < 1.29 is 8.42 Å². The van der Waals surface area contributed by atoms with Crippen LogP contribution in [0.2, 0.25) is 10.0 Å². The van der Waals surface area contributed by atoms with Gasteiger partial charge in [-0.1, -0.05) is 47.5 Å². The van der Waals surface area contributed by atoms with Crippen molar-refractivity contribution in [2.75, 3.05) is 18.0 Å². The maximum absolute atomic E-state index is 13.1. The second kappa shape index (κ2) is 9.10. The average molecular weight is 495 g/mol.